The number of amides is 1. The van der Waals surface area contributed by atoms with Gasteiger partial charge in [-0.05, 0) is 33.0 Å². The maximum Gasteiger partial charge on any atom is 0.235 e. The number of nitrogens with one attached hydrogen (secondary N) is 2. The lowest BCUT2D eigenvalue weighted by molar-refractivity contribution is -0.121. The molecule has 5 heteroatoms. The van der Waals surface area contributed by atoms with Crippen LogP contribution >= 0.6 is 0 Å². The fourth-order valence-corrected chi connectivity index (χ4v) is 1.78. The number of hydrazine groups is 1. The van der Waals surface area contributed by atoms with Gasteiger partial charge in [-0.25, -0.2) is 5.84 Å². The molecular weight excluding hydrogens is 180 g/mol. The number of hydrogen-bond donors (Lipinski definition) is 3. The van der Waals surface area contributed by atoms with Crippen molar-refractivity contribution >= 4 is 5.91 Å². The van der Waals surface area contributed by atoms with Gasteiger partial charge in [-0.3, -0.25) is 10.2 Å². The van der Waals surface area contributed by atoms with Crippen LogP contribution in [-0.2, 0) is 4.79 Å². The number of piperidine rings is 1. The first-order chi connectivity index (χ1) is 6.74. The highest BCUT2D eigenvalue weighted by Crippen LogP contribution is 2.09. The first kappa shape index (κ1) is 11.4. The van der Waals surface area contributed by atoms with E-state index in [0.29, 0.717) is 12.5 Å². The summed E-state index contributed by atoms with van der Waals surface area (Å²) in [6.45, 7) is 2.95. The maximum absolute atomic E-state index is 10.9. The zero-order chi connectivity index (χ0) is 10.4. The Morgan fingerprint density at radius 3 is 2.79 bits per heavy atom. The summed E-state index contributed by atoms with van der Waals surface area (Å²) in [7, 11) is 2.07. The van der Waals surface area contributed by atoms with Crippen molar-refractivity contribution in [2.75, 3.05) is 26.7 Å². The van der Waals surface area contributed by atoms with E-state index in [0.717, 1.165) is 19.6 Å². The van der Waals surface area contributed by atoms with E-state index in [1.54, 1.807) is 0 Å². The summed E-state index contributed by atoms with van der Waals surface area (Å²) in [6, 6.07) is 0.613. The Labute approximate surface area is 85.0 Å². The first-order valence-electron chi connectivity index (χ1n) is 5.14. The molecule has 0 aliphatic carbocycles. The van der Waals surface area contributed by atoms with Crippen LogP contribution in [0.2, 0.25) is 0 Å². The summed E-state index contributed by atoms with van der Waals surface area (Å²) < 4.78 is 0. The molecule has 1 amide bonds. The molecule has 82 valence electrons. The number of carbonyl (C=O) groups is 1. The van der Waals surface area contributed by atoms with Gasteiger partial charge in [-0.1, -0.05) is 0 Å². The fourth-order valence-electron chi connectivity index (χ4n) is 1.78. The lowest BCUT2D eigenvalue weighted by Gasteiger charge is -2.31. The first-order valence-corrected chi connectivity index (χ1v) is 5.14. The number of rotatable bonds is 4. The fraction of sp³-hybridized carbons (Fsp3) is 0.889. The number of hydrogen-bond acceptors (Lipinski definition) is 4. The van der Waals surface area contributed by atoms with Crippen LogP contribution in [-0.4, -0.2) is 43.5 Å². The Kier molecular flexibility index (Phi) is 4.86. The Hall–Kier alpha value is -0.650. The van der Waals surface area contributed by atoms with Gasteiger partial charge in [-0.15, -0.1) is 0 Å². The van der Waals surface area contributed by atoms with E-state index in [1.165, 1.54) is 12.8 Å². The van der Waals surface area contributed by atoms with Crippen LogP contribution in [0.15, 0.2) is 0 Å². The Balaban J connectivity index is 2.19. The molecule has 0 spiro atoms. The van der Waals surface area contributed by atoms with Gasteiger partial charge < -0.3 is 10.2 Å². The molecule has 0 aromatic rings. The third kappa shape index (κ3) is 3.61. The van der Waals surface area contributed by atoms with Gasteiger partial charge >= 0.3 is 0 Å². The molecule has 0 aromatic heterocycles. The minimum Gasteiger partial charge on any atom is -0.317 e. The van der Waals surface area contributed by atoms with Crippen LogP contribution in [0.3, 0.4) is 0 Å². The maximum atomic E-state index is 10.9. The summed E-state index contributed by atoms with van der Waals surface area (Å²) >= 11 is 0. The van der Waals surface area contributed by atoms with Crippen molar-refractivity contribution in [2.24, 2.45) is 5.84 Å². The summed E-state index contributed by atoms with van der Waals surface area (Å²) in [5.74, 6) is 4.92. The predicted octanol–water partition coefficient (Wildman–Crippen LogP) is -0.950. The predicted molar refractivity (Wildman–Crippen MR) is 55.5 cm³/mol. The van der Waals surface area contributed by atoms with E-state index in [-0.39, 0.29) is 5.91 Å². The number of nitrogens with zero attached hydrogens (tertiary/aromatic N) is 1. The molecular formula is C9H20N4O. The third-order valence-corrected chi connectivity index (χ3v) is 2.78. The van der Waals surface area contributed by atoms with E-state index >= 15 is 0 Å². The van der Waals surface area contributed by atoms with E-state index in [1.807, 2.05) is 0 Å². The molecule has 5 nitrogen and oxygen atoms in total. The van der Waals surface area contributed by atoms with Gasteiger partial charge in [0.05, 0.1) is 0 Å². The second kappa shape index (κ2) is 5.95. The largest absolute Gasteiger partial charge is 0.317 e. The summed E-state index contributed by atoms with van der Waals surface area (Å²) in [6.07, 6.45) is 2.82. The normalized spacial score (nSPS) is 18.5. The topological polar surface area (TPSA) is 70.4 Å². The monoisotopic (exact) mass is 200 g/mol. The molecule has 0 radical (unpaired) electrons. The van der Waals surface area contributed by atoms with Crippen molar-refractivity contribution in [3.05, 3.63) is 0 Å². The van der Waals surface area contributed by atoms with Crippen molar-refractivity contribution in [2.45, 2.75) is 25.3 Å². The zero-order valence-corrected chi connectivity index (χ0v) is 8.75. The SMILES string of the molecule is CN(CCC(=O)NN)C1CCNCC1. The highest BCUT2D eigenvalue weighted by molar-refractivity contribution is 5.75. The van der Waals surface area contributed by atoms with Crippen LogP contribution in [0.5, 0.6) is 0 Å². The molecule has 1 rings (SSSR count). The van der Waals surface area contributed by atoms with Crippen LogP contribution in [0, 0.1) is 0 Å². The smallest absolute Gasteiger partial charge is 0.235 e. The van der Waals surface area contributed by atoms with Crippen molar-refractivity contribution in [3.8, 4) is 0 Å². The van der Waals surface area contributed by atoms with Crippen LogP contribution in [0.1, 0.15) is 19.3 Å². The molecule has 0 aromatic carbocycles. The summed E-state index contributed by atoms with van der Waals surface area (Å²) in [5, 5.41) is 3.32. The average Bonchev–Trinajstić information content (AvgIpc) is 2.26. The summed E-state index contributed by atoms with van der Waals surface area (Å²) in [4.78, 5) is 13.2. The van der Waals surface area contributed by atoms with Gasteiger partial charge in [0, 0.05) is 19.0 Å². The van der Waals surface area contributed by atoms with Crippen molar-refractivity contribution in [1.29, 1.82) is 0 Å². The molecule has 0 atom stereocenters. The quantitative estimate of drug-likeness (QED) is 0.311. The highest BCUT2D eigenvalue weighted by Gasteiger charge is 2.17. The Bertz CT molecular complexity index is 180. The van der Waals surface area contributed by atoms with E-state index in [9.17, 15) is 4.79 Å². The Morgan fingerprint density at radius 1 is 1.57 bits per heavy atom. The van der Waals surface area contributed by atoms with E-state index in [4.69, 9.17) is 5.84 Å². The summed E-state index contributed by atoms with van der Waals surface area (Å²) in [5.41, 5.74) is 2.15. The zero-order valence-electron chi connectivity index (χ0n) is 8.75. The molecule has 4 N–H and O–H groups in total. The molecule has 0 bridgehead atoms. The molecule has 1 saturated heterocycles. The van der Waals surface area contributed by atoms with Crippen LogP contribution in [0.25, 0.3) is 0 Å². The molecule has 1 aliphatic heterocycles. The minimum atomic E-state index is -0.0919. The third-order valence-electron chi connectivity index (χ3n) is 2.78. The van der Waals surface area contributed by atoms with Gasteiger partial charge in [0.2, 0.25) is 5.91 Å². The molecule has 0 saturated carbocycles. The van der Waals surface area contributed by atoms with Crippen molar-refractivity contribution in [3.63, 3.8) is 0 Å². The molecule has 1 fully saturated rings. The van der Waals surface area contributed by atoms with Crippen molar-refractivity contribution in [1.82, 2.24) is 15.6 Å². The molecule has 1 aliphatic rings. The lowest BCUT2D eigenvalue weighted by Crippen LogP contribution is -2.42. The van der Waals surface area contributed by atoms with Gasteiger partial charge in [0.25, 0.3) is 0 Å². The standard InChI is InChI=1S/C9H20N4O/c1-13(7-4-9(14)12-10)8-2-5-11-6-3-8/h8,11H,2-7,10H2,1H3,(H,12,14). The van der Waals surface area contributed by atoms with Crippen LogP contribution < -0.4 is 16.6 Å². The highest BCUT2D eigenvalue weighted by atomic mass is 16.2. The molecule has 1 heterocycles. The van der Waals surface area contributed by atoms with E-state index in [2.05, 4.69) is 22.7 Å². The number of carbonyl (C=O) groups excluding carboxylic acids is 1. The van der Waals surface area contributed by atoms with E-state index < -0.39 is 0 Å². The molecule has 0 unspecified atom stereocenters. The lowest BCUT2D eigenvalue weighted by atomic mass is 10.1. The Morgan fingerprint density at radius 2 is 2.21 bits per heavy atom. The number of nitrogens with two attached hydrogens (primary N) is 1. The van der Waals surface area contributed by atoms with Gasteiger partial charge in [-0.2, -0.15) is 0 Å². The van der Waals surface area contributed by atoms with Crippen molar-refractivity contribution < 1.29 is 4.79 Å². The second-order valence-electron chi connectivity index (χ2n) is 3.78. The van der Waals surface area contributed by atoms with Gasteiger partial charge in [0.15, 0.2) is 0 Å². The minimum absolute atomic E-state index is 0.0919. The van der Waals surface area contributed by atoms with Gasteiger partial charge in [0.1, 0.15) is 0 Å². The molecule has 14 heavy (non-hydrogen) atoms. The van der Waals surface area contributed by atoms with Crippen LogP contribution in [0.4, 0.5) is 0 Å². The second-order valence-corrected chi connectivity index (χ2v) is 3.78. The average molecular weight is 200 g/mol.